The summed E-state index contributed by atoms with van der Waals surface area (Å²) in [4.78, 5) is 4.24. The topological polar surface area (TPSA) is 44.1 Å². The molecule has 2 rings (SSSR count). The van der Waals surface area contributed by atoms with Crippen molar-refractivity contribution in [2.45, 2.75) is 12.6 Å². The lowest BCUT2D eigenvalue weighted by Gasteiger charge is -2.11. The van der Waals surface area contributed by atoms with Crippen LogP contribution in [0.3, 0.4) is 0 Å². The van der Waals surface area contributed by atoms with Gasteiger partial charge in [0.05, 0.1) is 5.69 Å². The molecule has 3 heteroatoms. The zero-order valence-corrected chi connectivity index (χ0v) is 7.08. The second kappa shape index (κ2) is 2.84. The Bertz CT molecular complexity index is 256. The first kappa shape index (κ1) is 7.71. The van der Waals surface area contributed by atoms with Crippen molar-refractivity contribution >= 4 is 0 Å². The van der Waals surface area contributed by atoms with Gasteiger partial charge in [-0.1, -0.05) is 6.07 Å². The summed E-state index contributed by atoms with van der Waals surface area (Å²) in [6.07, 6.45) is 1.79. The number of aromatic nitrogens is 1. The minimum Gasteiger partial charge on any atom is -0.354 e. The predicted molar refractivity (Wildman–Crippen MR) is 45.5 cm³/mol. The third-order valence-electron chi connectivity index (χ3n) is 1.97. The van der Waals surface area contributed by atoms with E-state index in [-0.39, 0.29) is 5.72 Å². The van der Waals surface area contributed by atoms with Gasteiger partial charge in [0.25, 0.3) is 0 Å². The Balaban J connectivity index is 2.19. The molecule has 0 bridgehead atoms. The van der Waals surface area contributed by atoms with Crippen molar-refractivity contribution in [3.05, 3.63) is 30.1 Å². The summed E-state index contributed by atoms with van der Waals surface area (Å²) >= 11 is 0. The fourth-order valence-corrected chi connectivity index (χ4v) is 1.29. The van der Waals surface area contributed by atoms with Crippen LogP contribution in [0.5, 0.6) is 0 Å². The number of rotatable bonds is 3. The van der Waals surface area contributed by atoms with Crippen molar-refractivity contribution in [1.82, 2.24) is 10.3 Å². The van der Waals surface area contributed by atoms with E-state index in [1.165, 1.54) is 0 Å². The molecule has 0 aromatic carbocycles. The number of pyridine rings is 1. The van der Waals surface area contributed by atoms with Crippen molar-refractivity contribution in [2.75, 3.05) is 13.2 Å². The summed E-state index contributed by atoms with van der Waals surface area (Å²) in [6, 6.07) is 5.87. The Kier molecular flexibility index (Phi) is 1.83. The SMILES string of the molecule is CCOC1(c2ccccn2)CN1. The van der Waals surface area contributed by atoms with Gasteiger partial charge in [-0.2, -0.15) is 0 Å². The van der Waals surface area contributed by atoms with E-state index < -0.39 is 0 Å². The number of ether oxygens (including phenoxy) is 1. The van der Waals surface area contributed by atoms with Crippen molar-refractivity contribution in [1.29, 1.82) is 0 Å². The van der Waals surface area contributed by atoms with E-state index in [1.807, 2.05) is 25.1 Å². The van der Waals surface area contributed by atoms with Crippen molar-refractivity contribution in [3.8, 4) is 0 Å². The van der Waals surface area contributed by atoms with Gasteiger partial charge >= 0.3 is 0 Å². The fourth-order valence-electron chi connectivity index (χ4n) is 1.29. The van der Waals surface area contributed by atoms with Crippen LogP contribution in [0.1, 0.15) is 12.6 Å². The molecule has 3 nitrogen and oxygen atoms in total. The number of nitrogens with one attached hydrogen (secondary N) is 1. The maximum atomic E-state index is 5.55. The number of nitrogens with zero attached hydrogens (tertiary/aromatic N) is 1. The molecule has 64 valence electrons. The van der Waals surface area contributed by atoms with Crippen molar-refractivity contribution < 1.29 is 4.74 Å². The molecule has 0 radical (unpaired) electrons. The molecule has 0 aliphatic carbocycles. The Hall–Kier alpha value is -0.930. The van der Waals surface area contributed by atoms with Gasteiger partial charge in [0, 0.05) is 19.3 Å². The largest absolute Gasteiger partial charge is 0.354 e. The van der Waals surface area contributed by atoms with Crippen LogP contribution in [0.4, 0.5) is 0 Å². The third kappa shape index (κ3) is 1.21. The summed E-state index contributed by atoms with van der Waals surface area (Å²) in [5, 5.41) is 3.18. The van der Waals surface area contributed by atoms with E-state index in [2.05, 4.69) is 10.3 Å². The monoisotopic (exact) mass is 164 g/mol. The van der Waals surface area contributed by atoms with Crippen molar-refractivity contribution in [2.24, 2.45) is 0 Å². The molecule has 1 unspecified atom stereocenters. The van der Waals surface area contributed by atoms with Gasteiger partial charge in [0.15, 0.2) is 5.72 Å². The molecule has 1 fully saturated rings. The highest BCUT2D eigenvalue weighted by Gasteiger charge is 2.46. The quantitative estimate of drug-likeness (QED) is 0.674. The van der Waals surface area contributed by atoms with E-state index >= 15 is 0 Å². The minimum atomic E-state index is -0.268. The molecule has 1 N–H and O–H groups in total. The first-order chi connectivity index (χ1) is 5.87. The molecule has 1 aliphatic heterocycles. The highest BCUT2D eigenvalue weighted by atomic mass is 16.5. The number of hydrogen-bond acceptors (Lipinski definition) is 3. The summed E-state index contributed by atoms with van der Waals surface area (Å²) < 4.78 is 5.55. The van der Waals surface area contributed by atoms with Gasteiger partial charge < -0.3 is 4.74 Å². The molecule has 0 saturated carbocycles. The third-order valence-corrected chi connectivity index (χ3v) is 1.97. The summed E-state index contributed by atoms with van der Waals surface area (Å²) in [6.45, 7) is 3.58. The van der Waals surface area contributed by atoms with Crippen LogP contribution in [0.2, 0.25) is 0 Å². The molecule has 2 heterocycles. The molecular weight excluding hydrogens is 152 g/mol. The molecule has 1 aliphatic rings. The molecule has 1 saturated heterocycles. The van der Waals surface area contributed by atoms with Crippen LogP contribution in [-0.2, 0) is 10.5 Å². The maximum Gasteiger partial charge on any atom is 0.174 e. The van der Waals surface area contributed by atoms with E-state index in [4.69, 9.17) is 4.74 Å². The average Bonchev–Trinajstić information content (AvgIpc) is 2.88. The highest BCUT2D eigenvalue weighted by Crippen LogP contribution is 2.29. The first-order valence-electron chi connectivity index (χ1n) is 4.18. The molecule has 1 atom stereocenters. The van der Waals surface area contributed by atoms with E-state index in [0.29, 0.717) is 6.61 Å². The average molecular weight is 164 g/mol. The van der Waals surface area contributed by atoms with Crippen LogP contribution in [0.25, 0.3) is 0 Å². The van der Waals surface area contributed by atoms with Crippen LogP contribution >= 0.6 is 0 Å². The zero-order valence-electron chi connectivity index (χ0n) is 7.08. The Labute approximate surface area is 71.8 Å². The van der Waals surface area contributed by atoms with E-state index in [9.17, 15) is 0 Å². The maximum absolute atomic E-state index is 5.55. The Morgan fingerprint density at radius 3 is 3.00 bits per heavy atom. The molecule has 0 amide bonds. The molecule has 0 spiro atoms. The lowest BCUT2D eigenvalue weighted by molar-refractivity contribution is 0.0326. The molecule has 1 aromatic heterocycles. The lowest BCUT2D eigenvalue weighted by Crippen LogP contribution is -2.18. The van der Waals surface area contributed by atoms with Gasteiger partial charge in [-0.25, -0.2) is 0 Å². The van der Waals surface area contributed by atoms with Gasteiger partial charge in [-0.15, -0.1) is 0 Å². The summed E-state index contributed by atoms with van der Waals surface area (Å²) in [5.41, 5.74) is 0.711. The highest BCUT2D eigenvalue weighted by molar-refractivity contribution is 5.19. The lowest BCUT2D eigenvalue weighted by atomic mass is 10.2. The predicted octanol–water partition coefficient (Wildman–Crippen LogP) is 0.874. The second-order valence-electron chi connectivity index (χ2n) is 2.83. The van der Waals surface area contributed by atoms with Crippen LogP contribution < -0.4 is 5.32 Å². The summed E-state index contributed by atoms with van der Waals surface area (Å²) in [7, 11) is 0. The Morgan fingerprint density at radius 1 is 1.67 bits per heavy atom. The minimum absolute atomic E-state index is 0.268. The second-order valence-corrected chi connectivity index (χ2v) is 2.83. The Morgan fingerprint density at radius 2 is 2.50 bits per heavy atom. The van der Waals surface area contributed by atoms with Crippen molar-refractivity contribution in [3.63, 3.8) is 0 Å². The number of hydrogen-bond donors (Lipinski definition) is 1. The smallest absolute Gasteiger partial charge is 0.174 e. The molecule has 1 aromatic rings. The normalized spacial score (nSPS) is 27.1. The molecular formula is C9H12N2O. The first-order valence-corrected chi connectivity index (χ1v) is 4.18. The van der Waals surface area contributed by atoms with Gasteiger partial charge in [0.1, 0.15) is 0 Å². The van der Waals surface area contributed by atoms with Gasteiger partial charge in [-0.3, -0.25) is 10.3 Å². The van der Waals surface area contributed by atoms with E-state index in [1.54, 1.807) is 6.20 Å². The van der Waals surface area contributed by atoms with Crippen LogP contribution in [0.15, 0.2) is 24.4 Å². The zero-order chi connectivity index (χ0) is 8.44. The van der Waals surface area contributed by atoms with Gasteiger partial charge in [-0.05, 0) is 19.1 Å². The standard InChI is InChI=1S/C9H12N2O/c1-2-12-9(7-11-9)8-5-3-4-6-10-8/h3-6,11H,2,7H2,1H3. The van der Waals surface area contributed by atoms with Crippen LogP contribution in [-0.4, -0.2) is 18.1 Å². The van der Waals surface area contributed by atoms with E-state index in [0.717, 1.165) is 12.2 Å². The molecule has 12 heavy (non-hydrogen) atoms. The summed E-state index contributed by atoms with van der Waals surface area (Å²) in [5.74, 6) is 0. The van der Waals surface area contributed by atoms with Gasteiger partial charge in [0.2, 0.25) is 0 Å². The van der Waals surface area contributed by atoms with Crippen LogP contribution in [0, 0.1) is 0 Å². The fraction of sp³-hybridized carbons (Fsp3) is 0.444.